The third kappa shape index (κ3) is 4.70. The summed E-state index contributed by atoms with van der Waals surface area (Å²) in [5.74, 6) is 0.297. The van der Waals surface area contributed by atoms with Crippen molar-refractivity contribution in [3.05, 3.63) is 46.3 Å². The van der Waals surface area contributed by atoms with E-state index in [1.54, 1.807) is 46.1 Å². The Morgan fingerprint density at radius 2 is 1.93 bits per heavy atom. The number of H-pyrrole nitrogens is 1. The smallest absolute Gasteiger partial charge is 0.340 e. The molecule has 0 radical (unpaired) electrons. The molecule has 2 N–H and O–H groups in total. The molecule has 1 aromatic heterocycles. The second kappa shape index (κ2) is 9.59. The summed E-state index contributed by atoms with van der Waals surface area (Å²) in [5, 5.41) is 3.97. The van der Waals surface area contributed by atoms with Crippen molar-refractivity contribution < 1.29 is 23.8 Å². The van der Waals surface area contributed by atoms with Gasteiger partial charge in [-0.1, -0.05) is 0 Å². The lowest BCUT2D eigenvalue weighted by atomic mass is 10.1. The first kappa shape index (κ1) is 21.0. The van der Waals surface area contributed by atoms with Crippen molar-refractivity contribution in [2.24, 2.45) is 5.10 Å². The van der Waals surface area contributed by atoms with Crippen molar-refractivity contribution in [3.8, 4) is 11.5 Å². The molecule has 1 heterocycles. The van der Waals surface area contributed by atoms with Gasteiger partial charge in [0.05, 0.1) is 32.1 Å². The van der Waals surface area contributed by atoms with E-state index in [2.05, 4.69) is 15.5 Å². The van der Waals surface area contributed by atoms with Crippen LogP contribution in [0.5, 0.6) is 11.5 Å². The number of esters is 1. The van der Waals surface area contributed by atoms with Crippen LogP contribution in [0.4, 0.5) is 0 Å². The van der Waals surface area contributed by atoms with Crippen LogP contribution < -0.4 is 14.9 Å². The highest BCUT2D eigenvalue weighted by molar-refractivity contribution is 6.00. The molecule has 8 nitrogen and oxygen atoms in total. The van der Waals surface area contributed by atoms with Crippen LogP contribution in [0.1, 0.15) is 51.5 Å². The van der Waals surface area contributed by atoms with Crippen LogP contribution in [0.3, 0.4) is 0 Å². The lowest BCUT2D eigenvalue weighted by Gasteiger charge is -2.09. The average molecular weight is 387 g/mol. The highest BCUT2D eigenvalue weighted by Gasteiger charge is 2.22. The minimum Gasteiger partial charge on any atom is -0.493 e. The maximum Gasteiger partial charge on any atom is 0.340 e. The van der Waals surface area contributed by atoms with Crippen molar-refractivity contribution >= 4 is 18.1 Å². The third-order valence-electron chi connectivity index (χ3n) is 4.01. The molecule has 0 aliphatic heterocycles. The molecule has 2 rings (SSSR count). The summed E-state index contributed by atoms with van der Waals surface area (Å²) in [7, 11) is 1.55. The molecule has 0 saturated carbocycles. The maximum absolute atomic E-state index is 12.4. The second-order valence-corrected chi connectivity index (χ2v) is 5.89. The Hall–Kier alpha value is -3.29. The maximum atomic E-state index is 12.4. The van der Waals surface area contributed by atoms with Crippen LogP contribution in [-0.4, -0.2) is 43.4 Å². The number of hydrazone groups is 1. The van der Waals surface area contributed by atoms with Crippen LogP contribution in [-0.2, 0) is 4.74 Å². The summed E-state index contributed by atoms with van der Waals surface area (Å²) in [5.41, 5.74) is 4.90. The molecule has 8 heteroatoms. The number of carbonyl (C=O) groups excluding carboxylic acids is 2. The number of nitrogens with zero attached hydrogens (tertiary/aromatic N) is 1. The highest BCUT2D eigenvalue weighted by atomic mass is 16.5. The van der Waals surface area contributed by atoms with E-state index < -0.39 is 11.9 Å². The monoisotopic (exact) mass is 387 g/mol. The van der Waals surface area contributed by atoms with Crippen molar-refractivity contribution in [1.82, 2.24) is 10.4 Å². The van der Waals surface area contributed by atoms with E-state index in [-0.39, 0.29) is 12.3 Å². The quantitative estimate of drug-likeness (QED) is 0.412. The molecular weight excluding hydrogens is 362 g/mol. The lowest BCUT2D eigenvalue weighted by Crippen LogP contribution is -2.19. The van der Waals surface area contributed by atoms with E-state index in [1.165, 1.54) is 6.21 Å². The van der Waals surface area contributed by atoms with Gasteiger partial charge in [0.15, 0.2) is 11.5 Å². The summed E-state index contributed by atoms with van der Waals surface area (Å²) >= 11 is 0. The van der Waals surface area contributed by atoms with Crippen LogP contribution in [0, 0.1) is 13.8 Å². The van der Waals surface area contributed by atoms with E-state index in [0.717, 1.165) is 5.56 Å². The van der Waals surface area contributed by atoms with E-state index >= 15 is 0 Å². The van der Waals surface area contributed by atoms with Gasteiger partial charge in [0.1, 0.15) is 5.69 Å². The highest BCUT2D eigenvalue weighted by Crippen LogP contribution is 2.27. The number of amides is 1. The Morgan fingerprint density at radius 3 is 2.57 bits per heavy atom. The Kier molecular flexibility index (Phi) is 7.20. The Balaban J connectivity index is 2.12. The van der Waals surface area contributed by atoms with Crippen molar-refractivity contribution in [3.63, 3.8) is 0 Å². The van der Waals surface area contributed by atoms with E-state index in [1.807, 2.05) is 6.92 Å². The van der Waals surface area contributed by atoms with Crippen molar-refractivity contribution in [2.45, 2.75) is 27.7 Å². The summed E-state index contributed by atoms with van der Waals surface area (Å²) in [6.07, 6.45) is 1.49. The predicted molar refractivity (Wildman–Crippen MR) is 105 cm³/mol. The molecule has 1 aromatic carbocycles. The fourth-order valence-corrected chi connectivity index (χ4v) is 2.75. The molecule has 0 unspecified atom stereocenters. The molecule has 2 aromatic rings. The minimum atomic E-state index is -0.460. The number of carbonyl (C=O) groups is 2. The number of rotatable bonds is 8. The molecule has 1 amide bonds. The van der Waals surface area contributed by atoms with E-state index in [9.17, 15) is 9.59 Å². The molecule has 150 valence electrons. The topological polar surface area (TPSA) is 102 Å². The van der Waals surface area contributed by atoms with Gasteiger partial charge in [-0.2, -0.15) is 5.10 Å². The summed E-state index contributed by atoms with van der Waals surface area (Å²) < 4.78 is 15.8. The molecule has 0 bridgehead atoms. The van der Waals surface area contributed by atoms with Gasteiger partial charge in [-0.25, -0.2) is 10.2 Å². The van der Waals surface area contributed by atoms with Crippen molar-refractivity contribution in [2.75, 3.05) is 20.3 Å². The molecule has 0 aliphatic carbocycles. The number of nitrogens with one attached hydrogen (secondary N) is 2. The van der Waals surface area contributed by atoms with Crippen LogP contribution >= 0.6 is 0 Å². The van der Waals surface area contributed by atoms with Gasteiger partial charge in [-0.05, 0) is 57.0 Å². The largest absolute Gasteiger partial charge is 0.493 e. The van der Waals surface area contributed by atoms with Gasteiger partial charge in [0.2, 0.25) is 0 Å². The molecular formula is C20H25N3O5. The summed E-state index contributed by atoms with van der Waals surface area (Å²) in [6.45, 7) is 7.81. The number of hydrogen-bond acceptors (Lipinski definition) is 6. The fourth-order valence-electron chi connectivity index (χ4n) is 2.75. The van der Waals surface area contributed by atoms with E-state index in [0.29, 0.717) is 34.9 Å². The van der Waals surface area contributed by atoms with Crippen LogP contribution in [0.15, 0.2) is 23.3 Å². The van der Waals surface area contributed by atoms with E-state index in [4.69, 9.17) is 14.2 Å². The molecule has 0 spiro atoms. The summed E-state index contributed by atoms with van der Waals surface area (Å²) in [4.78, 5) is 27.4. The van der Waals surface area contributed by atoms with Crippen molar-refractivity contribution in [1.29, 1.82) is 0 Å². The number of hydrogen-bond donors (Lipinski definition) is 2. The number of methoxy groups -OCH3 is 1. The number of aromatic amines is 1. The number of aryl methyl sites for hydroxylation is 1. The Bertz CT molecular complexity index is 886. The van der Waals surface area contributed by atoms with Crippen LogP contribution in [0.2, 0.25) is 0 Å². The predicted octanol–water partition coefficient (Wildman–Crippen LogP) is 2.98. The zero-order valence-electron chi connectivity index (χ0n) is 16.7. The lowest BCUT2D eigenvalue weighted by molar-refractivity contribution is 0.0525. The first-order valence-corrected chi connectivity index (χ1v) is 8.93. The number of aromatic nitrogens is 1. The van der Waals surface area contributed by atoms with Gasteiger partial charge in [-0.15, -0.1) is 0 Å². The van der Waals surface area contributed by atoms with Crippen LogP contribution in [0.25, 0.3) is 0 Å². The third-order valence-corrected chi connectivity index (χ3v) is 4.01. The van der Waals surface area contributed by atoms with Gasteiger partial charge in [0.25, 0.3) is 5.91 Å². The molecule has 0 atom stereocenters. The second-order valence-electron chi connectivity index (χ2n) is 5.89. The molecule has 0 saturated heterocycles. The number of ether oxygens (including phenoxy) is 3. The van der Waals surface area contributed by atoms with Gasteiger partial charge < -0.3 is 19.2 Å². The van der Waals surface area contributed by atoms with Gasteiger partial charge in [0, 0.05) is 5.69 Å². The SMILES string of the molecule is CCOC(=O)c1c(C)[nH]c(C(=O)NN=Cc2ccc(OCC)c(OC)c2)c1C. The first-order chi connectivity index (χ1) is 13.4. The first-order valence-electron chi connectivity index (χ1n) is 8.93. The average Bonchev–Trinajstić information content (AvgIpc) is 2.97. The van der Waals surface area contributed by atoms with Gasteiger partial charge >= 0.3 is 5.97 Å². The normalized spacial score (nSPS) is 10.8. The minimum absolute atomic E-state index is 0.264. The summed E-state index contributed by atoms with van der Waals surface area (Å²) in [6, 6.07) is 5.32. The number of benzene rings is 1. The zero-order valence-corrected chi connectivity index (χ0v) is 16.7. The fraction of sp³-hybridized carbons (Fsp3) is 0.350. The molecule has 0 aliphatic rings. The van der Waals surface area contributed by atoms with Gasteiger partial charge in [-0.3, -0.25) is 4.79 Å². The standard InChI is InChI=1S/C20H25N3O5/c1-6-27-15-9-8-14(10-16(15)26-5)11-21-23-19(24)18-12(3)17(13(4)22-18)20(25)28-7-2/h8-11,22H,6-7H2,1-5H3,(H,23,24). The zero-order chi connectivity index (χ0) is 20.7. The molecule has 28 heavy (non-hydrogen) atoms. The Labute approximate surface area is 163 Å². The Morgan fingerprint density at radius 1 is 1.18 bits per heavy atom. The molecule has 0 fully saturated rings.